The molecule has 180 valence electrons. The lowest BCUT2D eigenvalue weighted by Gasteiger charge is -2.35. The van der Waals surface area contributed by atoms with Crippen LogP contribution in [0.15, 0.2) is 158 Å². The molecular formula is C35H26N2Si. The Labute approximate surface area is 223 Å². The quantitative estimate of drug-likeness (QED) is 0.223. The highest BCUT2D eigenvalue weighted by Gasteiger charge is 2.43. The lowest BCUT2D eigenvalue weighted by Crippen LogP contribution is -2.74. The molecule has 7 aromatic rings. The van der Waals surface area contributed by atoms with Crippen LogP contribution in [-0.4, -0.2) is 17.6 Å². The van der Waals surface area contributed by atoms with Crippen molar-refractivity contribution in [2.45, 2.75) is 0 Å². The standard InChI is InChI=1S/C35H26N2Si/c1-4-13-27(14-5-1)37-32-20-11-10-19-31(32)35-33(37)21-12-22-34(35)38(28-15-6-2-7-16-28,29-17-8-3-9-18-29)30-23-25-36-26-24-30/h1-26H. The number of nitrogens with zero attached hydrogens (tertiary/aromatic N) is 2. The first-order chi connectivity index (χ1) is 18.9. The molecule has 38 heavy (non-hydrogen) atoms. The van der Waals surface area contributed by atoms with Crippen molar-refractivity contribution in [2.24, 2.45) is 0 Å². The third-order valence-electron chi connectivity index (χ3n) is 7.64. The predicted molar refractivity (Wildman–Crippen MR) is 162 cm³/mol. The fourth-order valence-corrected chi connectivity index (χ4v) is 11.1. The summed E-state index contributed by atoms with van der Waals surface area (Å²) in [4.78, 5) is 4.41. The molecule has 0 unspecified atom stereocenters. The predicted octanol–water partition coefficient (Wildman–Crippen LogP) is 5.56. The molecule has 0 N–H and O–H groups in total. The van der Waals surface area contributed by atoms with E-state index in [4.69, 9.17) is 0 Å². The van der Waals surface area contributed by atoms with E-state index in [-0.39, 0.29) is 0 Å². The number of hydrogen-bond donors (Lipinski definition) is 0. The first kappa shape index (κ1) is 22.5. The smallest absolute Gasteiger partial charge is 0.180 e. The lowest BCUT2D eigenvalue weighted by atomic mass is 10.1. The van der Waals surface area contributed by atoms with Gasteiger partial charge in [0.1, 0.15) is 0 Å². The van der Waals surface area contributed by atoms with Gasteiger partial charge in [-0.3, -0.25) is 4.98 Å². The average molecular weight is 503 g/mol. The zero-order valence-electron chi connectivity index (χ0n) is 20.9. The Hall–Kier alpha value is -4.73. The van der Waals surface area contributed by atoms with Crippen molar-refractivity contribution in [3.05, 3.63) is 158 Å². The van der Waals surface area contributed by atoms with Crippen LogP contribution in [0, 0.1) is 0 Å². The van der Waals surface area contributed by atoms with E-state index >= 15 is 0 Å². The van der Waals surface area contributed by atoms with Gasteiger partial charge in [0.2, 0.25) is 0 Å². The summed E-state index contributed by atoms with van der Waals surface area (Å²) in [5.74, 6) is 0. The molecule has 7 rings (SSSR count). The first-order valence-corrected chi connectivity index (χ1v) is 15.0. The van der Waals surface area contributed by atoms with Gasteiger partial charge >= 0.3 is 0 Å². The Balaban J connectivity index is 1.71. The normalized spacial score (nSPS) is 11.7. The summed E-state index contributed by atoms with van der Waals surface area (Å²) in [6, 6.07) is 53.0. The summed E-state index contributed by atoms with van der Waals surface area (Å²) in [5, 5.41) is 8.05. The molecule has 0 saturated carbocycles. The molecule has 0 bridgehead atoms. The van der Waals surface area contributed by atoms with Crippen molar-refractivity contribution < 1.29 is 0 Å². The van der Waals surface area contributed by atoms with Crippen molar-refractivity contribution in [3.8, 4) is 5.69 Å². The van der Waals surface area contributed by atoms with Gasteiger partial charge in [-0.05, 0) is 57.1 Å². The molecule has 0 fully saturated rings. The largest absolute Gasteiger partial charge is 0.309 e. The molecule has 0 aliphatic rings. The highest BCUT2D eigenvalue weighted by molar-refractivity contribution is 7.20. The van der Waals surface area contributed by atoms with E-state index < -0.39 is 8.07 Å². The molecule has 0 aliphatic heterocycles. The second-order valence-corrected chi connectivity index (χ2v) is 13.4. The zero-order chi connectivity index (χ0) is 25.4. The van der Waals surface area contributed by atoms with Gasteiger partial charge in [0.05, 0.1) is 11.0 Å². The molecule has 0 atom stereocenters. The maximum absolute atomic E-state index is 4.41. The summed E-state index contributed by atoms with van der Waals surface area (Å²) in [6.45, 7) is 0. The van der Waals surface area contributed by atoms with E-state index in [9.17, 15) is 0 Å². The fraction of sp³-hybridized carbons (Fsp3) is 0. The third-order valence-corrected chi connectivity index (χ3v) is 12.5. The Morgan fingerprint density at radius 3 is 1.63 bits per heavy atom. The van der Waals surface area contributed by atoms with Gasteiger partial charge in [0.15, 0.2) is 8.07 Å². The van der Waals surface area contributed by atoms with Gasteiger partial charge in [-0.15, -0.1) is 0 Å². The summed E-state index contributed by atoms with van der Waals surface area (Å²) < 4.78 is 2.41. The van der Waals surface area contributed by atoms with Gasteiger partial charge in [-0.2, -0.15) is 0 Å². The second-order valence-electron chi connectivity index (χ2n) is 9.61. The van der Waals surface area contributed by atoms with Crippen LogP contribution in [0.1, 0.15) is 0 Å². The van der Waals surface area contributed by atoms with Crippen LogP contribution >= 0.6 is 0 Å². The summed E-state index contributed by atoms with van der Waals surface area (Å²) >= 11 is 0. The van der Waals surface area contributed by atoms with Crippen LogP contribution < -0.4 is 20.7 Å². The van der Waals surface area contributed by atoms with Crippen molar-refractivity contribution in [3.63, 3.8) is 0 Å². The molecule has 0 spiro atoms. The fourth-order valence-electron chi connectivity index (χ4n) is 6.13. The number of hydrogen-bond acceptors (Lipinski definition) is 1. The van der Waals surface area contributed by atoms with E-state index in [1.807, 2.05) is 12.4 Å². The second kappa shape index (κ2) is 9.29. The number of pyridine rings is 1. The van der Waals surface area contributed by atoms with Crippen molar-refractivity contribution in [2.75, 3.05) is 0 Å². The van der Waals surface area contributed by atoms with Gasteiger partial charge in [-0.1, -0.05) is 109 Å². The number of para-hydroxylation sites is 2. The Morgan fingerprint density at radius 1 is 0.447 bits per heavy atom. The van der Waals surface area contributed by atoms with Crippen molar-refractivity contribution in [1.82, 2.24) is 9.55 Å². The van der Waals surface area contributed by atoms with E-state index in [0.717, 1.165) is 0 Å². The average Bonchev–Trinajstić information content (AvgIpc) is 3.35. The van der Waals surface area contributed by atoms with Gasteiger partial charge in [-0.25, -0.2) is 0 Å². The van der Waals surface area contributed by atoms with Crippen molar-refractivity contribution >= 4 is 50.6 Å². The van der Waals surface area contributed by atoms with Gasteiger partial charge < -0.3 is 4.57 Å². The van der Waals surface area contributed by atoms with Gasteiger partial charge in [0.25, 0.3) is 0 Å². The molecule has 0 saturated heterocycles. The van der Waals surface area contributed by atoms with Crippen LogP contribution in [0.25, 0.3) is 27.5 Å². The number of rotatable bonds is 5. The van der Waals surface area contributed by atoms with Crippen LogP contribution in [0.3, 0.4) is 0 Å². The van der Waals surface area contributed by atoms with Crippen LogP contribution in [-0.2, 0) is 0 Å². The number of fused-ring (bicyclic) bond motifs is 3. The van der Waals surface area contributed by atoms with Crippen LogP contribution in [0.5, 0.6) is 0 Å². The molecule has 0 radical (unpaired) electrons. The number of benzene rings is 5. The topological polar surface area (TPSA) is 17.8 Å². The highest BCUT2D eigenvalue weighted by atomic mass is 28.3. The maximum atomic E-state index is 4.41. The minimum atomic E-state index is -2.72. The lowest BCUT2D eigenvalue weighted by molar-refractivity contribution is 1.18. The third kappa shape index (κ3) is 3.36. The molecule has 0 amide bonds. The molecule has 2 aromatic heterocycles. The van der Waals surface area contributed by atoms with Crippen molar-refractivity contribution in [1.29, 1.82) is 0 Å². The summed E-state index contributed by atoms with van der Waals surface area (Å²) in [7, 11) is -2.72. The van der Waals surface area contributed by atoms with E-state index in [1.54, 1.807) is 0 Å². The van der Waals surface area contributed by atoms with Gasteiger partial charge in [0, 0.05) is 28.9 Å². The monoisotopic (exact) mass is 502 g/mol. The molecule has 2 nitrogen and oxygen atoms in total. The SMILES string of the molecule is c1ccc(-n2c3ccccc3c3c([Si](c4ccccc4)(c4ccccc4)c4ccncc4)cccc32)cc1. The van der Waals surface area contributed by atoms with E-state index in [0.29, 0.717) is 0 Å². The van der Waals surface area contributed by atoms with Crippen LogP contribution in [0.2, 0.25) is 0 Å². The highest BCUT2D eigenvalue weighted by Crippen LogP contribution is 2.32. The summed E-state index contributed by atoms with van der Waals surface area (Å²) in [6.07, 6.45) is 3.88. The van der Waals surface area contributed by atoms with E-state index in [2.05, 4.69) is 155 Å². The molecule has 3 heteroatoms. The minimum absolute atomic E-state index is 1.17. The zero-order valence-corrected chi connectivity index (χ0v) is 21.9. The minimum Gasteiger partial charge on any atom is -0.309 e. The Bertz CT molecular complexity index is 1750. The summed E-state index contributed by atoms with van der Waals surface area (Å²) in [5.41, 5.74) is 3.62. The maximum Gasteiger partial charge on any atom is 0.180 e. The molecule has 0 aliphatic carbocycles. The Morgan fingerprint density at radius 2 is 0.974 bits per heavy atom. The number of aromatic nitrogens is 2. The Kier molecular flexibility index (Phi) is 5.49. The first-order valence-electron chi connectivity index (χ1n) is 13.0. The molecule has 2 heterocycles. The molecule has 5 aromatic carbocycles. The molecular weight excluding hydrogens is 476 g/mol. The van der Waals surface area contributed by atoms with Crippen LogP contribution in [0.4, 0.5) is 0 Å². The van der Waals surface area contributed by atoms with E-state index in [1.165, 1.54) is 48.2 Å².